The van der Waals surface area contributed by atoms with Crippen LogP contribution in [0.2, 0.25) is 0 Å². The lowest BCUT2D eigenvalue weighted by Gasteiger charge is -2.25. The van der Waals surface area contributed by atoms with Gasteiger partial charge in [-0.1, -0.05) is 43.3 Å². The van der Waals surface area contributed by atoms with Crippen molar-refractivity contribution in [2.45, 2.75) is 49.8 Å². The SMILES string of the molecule is CCC(Sc1cccc(NC(=O)Cc2ccccc2)c1)C(=O)Nc1sc2c(c1C(=O)OC)CCN(C(C)=O)C2. The summed E-state index contributed by atoms with van der Waals surface area (Å²) in [6, 6.07) is 16.9. The first-order valence-corrected chi connectivity index (χ1v) is 14.4. The number of amides is 3. The number of benzene rings is 2. The lowest BCUT2D eigenvalue weighted by Crippen LogP contribution is -2.34. The molecule has 1 atom stereocenters. The van der Waals surface area contributed by atoms with Crippen LogP contribution in [0.25, 0.3) is 0 Å². The van der Waals surface area contributed by atoms with E-state index in [0.717, 1.165) is 20.9 Å². The Hall–Kier alpha value is -3.63. The molecule has 4 rings (SSSR count). The minimum Gasteiger partial charge on any atom is -0.465 e. The number of hydrogen-bond donors (Lipinski definition) is 2. The number of esters is 1. The van der Waals surface area contributed by atoms with Gasteiger partial charge in [0, 0.05) is 28.9 Å². The van der Waals surface area contributed by atoms with Crippen molar-refractivity contribution in [2.75, 3.05) is 24.3 Å². The van der Waals surface area contributed by atoms with Crippen molar-refractivity contribution >= 4 is 57.5 Å². The van der Waals surface area contributed by atoms with Gasteiger partial charge >= 0.3 is 5.97 Å². The lowest BCUT2D eigenvalue weighted by atomic mass is 10.0. The zero-order valence-electron chi connectivity index (χ0n) is 22.1. The number of anilines is 2. The first-order chi connectivity index (χ1) is 18.8. The van der Waals surface area contributed by atoms with Gasteiger partial charge in [-0.2, -0.15) is 0 Å². The van der Waals surface area contributed by atoms with E-state index in [9.17, 15) is 19.2 Å². The Morgan fingerprint density at radius 2 is 1.85 bits per heavy atom. The van der Waals surface area contributed by atoms with Crippen molar-refractivity contribution in [1.82, 2.24) is 4.90 Å². The Balaban J connectivity index is 1.45. The topological polar surface area (TPSA) is 105 Å². The molecule has 3 aromatic rings. The normalized spacial score (nSPS) is 13.3. The highest BCUT2D eigenvalue weighted by Gasteiger charge is 2.31. The Morgan fingerprint density at radius 3 is 2.54 bits per heavy atom. The number of nitrogens with zero attached hydrogens (tertiary/aromatic N) is 1. The van der Waals surface area contributed by atoms with Gasteiger partial charge in [-0.05, 0) is 42.2 Å². The van der Waals surface area contributed by atoms with Crippen LogP contribution in [0.15, 0.2) is 59.5 Å². The molecule has 10 heteroatoms. The zero-order valence-corrected chi connectivity index (χ0v) is 23.7. The molecule has 0 spiro atoms. The summed E-state index contributed by atoms with van der Waals surface area (Å²) < 4.78 is 5.02. The summed E-state index contributed by atoms with van der Waals surface area (Å²) in [4.78, 5) is 53.8. The van der Waals surface area contributed by atoms with Gasteiger partial charge in [0.1, 0.15) is 5.00 Å². The molecule has 2 aromatic carbocycles. The number of nitrogens with one attached hydrogen (secondary N) is 2. The smallest absolute Gasteiger partial charge is 0.341 e. The Kier molecular flexibility index (Phi) is 9.42. The molecular formula is C29H31N3O5S2. The van der Waals surface area contributed by atoms with E-state index < -0.39 is 11.2 Å². The molecule has 1 aliphatic rings. The molecule has 0 saturated carbocycles. The van der Waals surface area contributed by atoms with E-state index in [1.807, 2.05) is 61.5 Å². The summed E-state index contributed by atoms with van der Waals surface area (Å²) in [5.41, 5.74) is 2.79. The maximum atomic E-state index is 13.4. The van der Waals surface area contributed by atoms with Crippen molar-refractivity contribution in [2.24, 2.45) is 0 Å². The molecule has 39 heavy (non-hydrogen) atoms. The zero-order chi connectivity index (χ0) is 27.9. The fourth-order valence-corrected chi connectivity index (χ4v) is 6.66. The average Bonchev–Trinajstić information content (AvgIpc) is 3.28. The molecule has 0 fully saturated rings. The maximum Gasteiger partial charge on any atom is 0.341 e. The predicted molar refractivity (Wildman–Crippen MR) is 154 cm³/mol. The second-order valence-corrected chi connectivity index (χ2v) is 11.5. The molecule has 0 saturated heterocycles. The van der Waals surface area contributed by atoms with Gasteiger partial charge in [0.2, 0.25) is 17.7 Å². The lowest BCUT2D eigenvalue weighted by molar-refractivity contribution is -0.129. The van der Waals surface area contributed by atoms with Crippen LogP contribution in [0, 0.1) is 0 Å². The molecule has 2 N–H and O–H groups in total. The number of fused-ring (bicyclic) bond motifs is 1. The van der Waals surface area contributed by atoms with Crippen LogP contribution in [0.4, 0.5) is 10.7 Å². The molecule has 1 aromatic heterocycles. The van der Waals surface area contributed by atoms with Gasteiger partial charge in [0.15, 0.2) is 0 Å². The Morgan fingerprint density at radius 1 is 1.08 bits per heavy atom. The minimum absolute atomic E-state index is 0.0276. The van der Waals surface area contributed by atoms with Crippen LogP contribution in [0.5, 0.6) is 0 Å². The van der Waals surface area contributed by atoms with E-state index in [1.54, 1.807) is 4.90 Å². The van der Waals surface area contributed by atoms with Crippen LogP contribution < -0.4 is 10.6 Å². The molecule has 8 nitrogen and oxygen atoms in total. The number of thioether (sulfide) groups is 1. The highest BCUT2D eigenvalue weighted by molar-refractivity contribution is 8.00. The van der Waals surface area contributed by atoms with E-state index >= 15 is 0 Å². The quantitative estimate of drug-likeness (QED) is 0.275. The average molecular weight is 566 g/mol. The van der Waals surface area contributed by atoms with Crippen LogP contribution in [0.1, 0.15) is 46.6 Å². The fraction of sp³-hybridized carbons (Fsp3) is 0.310. The second kappa shape index (κ2) is 12.9. The molecule has 204 valence electrons. The van der Waals surface area contributed by atoms with E-state index in [2.05, 4.69) is 10.6 Å². The predicted octanol–water partition coefficient (Wildman–Crippen LogP) is 5.13. The summed E-state index contributed by atoms with van der Waals surface area (Å²) >= 11 is 2.71. The van der Waals surface area contributed by atoms with Crippen molar-refractivity contribution in [1.29, 1.82) is 0 Å². The van der Waals surface area contributed by atoms with Crippen LogP contribution in [-0.4, -0.2) is 47.5 Å². The number of hydrogen-bond acceptors (Lipinski definition) is 7. The molecule has 1 aliphatic heterocycles. The molecule has 1 unspecified atom stereocenters. The van der Waals surface area contributed by atoms with E-state index in [0.29, 0.717) is 42.2 Å². The number of rotatable bonds is 9. The Labute approximate surface area is 236 Å². The fourth-order valence-electron chi connectivity index (χ4n) is 4.39. The molecule has 0 aliphatic carbocycles. The van der Waals surface area contributed by atoms with Crippen LogP contribution in [-0.2, 0) is 38.5 Å². The highest BCUT2D eigenvalue weighted by atomic mass is 32.2. The molecule has 2 heterocycles. The van der Waals surface area contributed by atoms with E-state index in [1.165, 1.54) is 37.1 Å². The standard InChI is InChI=1S/C29H31N3O5S2/c1-4-23(38-21-12-8-11-20(16-21)30-25(34)15-19-9-6-5-7-10-19)27(35)31-28-26(29(36)37-3)22-13-14-32(18(2)33)17-24(22)39-28/h5-12,16,23H,4,13-15,17H2,1-3H3,(H,30,34)(H,31,35). The number of carbonyl (C=O) groups is 4. The van der Waals surface area contributed by atoms with Gasteiger partial charge in [-0.25, -0.2) is 4.79 Å². The molecular weight excluding hydrogens is 534 g/mol. The third-order valence-corrected chi connectivity index (χ3v) is 8.89. The summed E-state index contributed by atoms with van der Waals surface area (Å²) in [6.45, 7) is 4.37. The van der Waals surface area contributed by atoms with Gasteiger partial charge in [-0.3, -0.25) is 14.4 Å². The van der Waals surface area contributed by atoms with Crippen molar-refractivity contribution < 1.29 is 23.9 Å². The van der Waals surface area contributed by atoms with Crippen molar-refractivity contribution in [3.05, 3.63) is 76.2 Å². The van der Waals surface area contributed by atoms with Gasteiger partial charge in [0.05, 0.1) is 30.9 Å². The first kappa shape index (κ1) is 28.4. The second-order valence-electron chi connectivity index (χ2n) is 9.13. The van der Waals surface area contributed by atoms with Gasteiger partial charge in [0.25, 0.3) is 0 Å². The van der Waals surface area contributed by atoms with Gasteiger partial charge in [-0.15, -0.1) is 23.1 Å². The maximum absolute atomic E-state index is 13.4. The van der Waals surface area contributed by atoms with E-state index in [4.69, 9.17) is 4.74 Å². The number of ether oxygens (including phenoxy) is 1. The van der Waals surface area contributed by atoms with Crippen LogP contribution in [0.3, 0.4) is 0 Å². The summed E-state index contributed by atoms with van der Waals surface area (Å²) in [6.07, 6.45) is 1.36. The third kappa shape index (κ3) is 7.07. The number of methoxy groups -OCH3 is 1. The third-order valence-electron chi connectivity index (χ3n) is 6.40. The summed E-state index contributed by atoms with van der Waals surface area (Å²) in [5.74, 6) is -0.874. The Bertz CT molecular complexity index is 1370. The largest absolute Gasteiger partial charge is 0.465 e. The number of thiophene rings is 1. The number of carbonyl (C=O) groups excluding carboxylic acids is 4. The minimum atomic E-state index is -0.501. The highest BCUT2D eigenvalue weighted by Crippen LogP contribution is 2.38. The van der Waals surface area contributed by atoms with Crippen molar-refractivity contribution in [3.8, 4) is 0 Å². The molecule has 3 amide bonds. The monoisotopic (exact) mass is 565 g/mol. The summed E-state index contributed by atoms with van der Waals surface area (Å²) in [7, 11) is 1.32. The molecule has 0 bridgehead atoms. The molecule has 0 radical (unpaired) electrons. The van der Waals surface area contributed by atoms with Gasteiger partial charge < -0.3 is 20.3 Å². The van der Waals surface area contributed by atoms with E-state index in [-0.39, 0.29) is 24.1 Å². The summed E-state index contributed by atoms with van der Waals surface area (Å²) in [5, 5.41) is 5.90. The first-order valence-electron chi connectivity index (χ1n) is 12.7. The van der Waals surface area contributed by atoms with Crippen molar-refractivity contribution in [3.63, 3.8) is 0 Å². The van der Waals surface area contributed by atoms with Crippen LogP contribution >= 0.6 is 23.1 Å².